The molecule has 0 unspecified atom stereocenters. The van der Waals surface area contributed by atoms with Gasteiger partial charge < -0.3 is 14.2 Å². The van der Waals surface area contributed by atoms with Crippen molar-refractivity contribution >= 4 is 5.97 Å². The van der Waals surface area contributed by atoms with Gasteiger partial charge in [0, 0.05) is 7.11 Å². The van der Waals surface area contributed by atoms with Crippen molar-refractivity contribution in [1.82, 2.24) is 0 Å². The summed E-state index contributed by atoms with van der Waals surface area (Å²) < 4.78 is 41.0. The largest absolute Gasteiger partial charge is 0.464 e. The summed E-state index contributed by atoms with van der Waals surface area (Å²) in [7, 11) is 1.35. The van der Waals surface area contributed by atoms with Crippen molar-refractivity contribution in [3.63, 3.8) is 0 Å². The quantitative estimate of drug-likeness (QED) is 0.589. The molecule has 1 aromatic carbocycles. The van der Waals surface area contributed by atoms with Gasteiger partial charge in [-0.3, -0.25) is 0 Å². The van der Waals surface area contributed by atoms with Gasteiger partial charge in [0.05, 0.1) is 6.61 Å². The maximum atomic E-state index is 13.7. The van der Waals surface area contributed by atoms with Crippen LogP contribution in [0.2, 0.25) is 0 Å². The zero-order valence-electron chi connectivity index (χ0n) is 9.46. The van der Waals surface area contributed by atoms with Gasteiger partial charge in [-0.25, -0.2) is 13.6 Å². The summed E-state index contributed by atoms with van der Waals surface area (Å²) in [6, 6.07) is 2.01. The lowest BCUT2D eigenvalue weighted by molar-refractivity contribution is 0.0453. The molecule has 0 bridgehead atoms. The highest BCUT2D eigenvalue weighted by Crippen LogP contribution is 2.24. The predicted molar refractivity (Wildman–Crippen MR) is 54.8 cm³/mol. The molecule has 0 aliphatic rings. The molecular weight excluding hydrogens is 234 g/mol. The van der Waals surface area contributed by atoms with Gasteiger partial charge in [0.2, 0.25) is 0 Å². The van der Waals surface area contributed by atoms with Gasteiger partial charge in [-0.2, -0.15) is 0 Å². The van der Waals surface area contributed by atoms with Gasteiger partial charge >= 0.3 is 5.97 Å². The summed E-state index contributed by atoms with van der Waals surface area (Å²) in [5, 5.41) is 0. The average molecular weight is 246 g/mol. The summed E-state index contributed by atoms with van der Waals surface area (Å²) in [5.41, 5.74) is -0.763. The first-order valence-electron chi connectivity index (χ1n) is 4.88. The van der Waals surface area contributed by atoms with E-state index in [0.29, 0.717) is 0 Å². The van der Waals surface area contributed by atoms with Crippen LogP contribution < -0.4 is 4.74 Å². The second-order valence-corrected chi connectivity index (χ2v) is 3.01. The Bertz CT molecular complexity index is 407. The molecule has 0 saturated heterocycles. The van der Waals surface area contributed by atoms with Gasteiger partial charge in [-0.15, -0.1) is 0 Å². The fraction of sp³-hybridized carbons (Fsp3) is 0.364. The van der Waals surface area contributed by atoms with E-state index in [1.165, 1.54) is 7.11 Å². The third kappa shape index (κ3) is 3.13. The average Bonchev–Trinajstić information content (AvgIpc) is 2.28. The molecule has 0 aromatic heterocycles. The minimum Gasteiger partial charge on any atom is -0.464 e. The number of hydrogen-bond donors (Lipinski definition) is 0. The standard InChI is InChI=1S/C11H12F2O4/c1-3-16-11(14)9-7(12)4-5-8(10(9)13)17-6-15-2/h4-5H,3,6H2,1-2H3. The maximum Gasteiger partial charge on any atom is 0.344 e. The number of benzene rings is 1. The summed E-state index contributed by atoms with van der Waals surface area (Å²) >= 11 is 0. The Balaban J connectivity index is 3.06. The van der Waals surface area contributed by atoms with Crippen LogP contribution in [0.4, 0.5) is 8.78 Å². The molecule has 0 atom stereocenters. The van der Waals surface area contributed by atoms with Crippen LogP contribution in [-0.2, 0) is 9.47 Å². The Morgan fingerprint density at radius 2 is 2.06 bits per heavy atom. The molecule has 94 valence electrons. The van der Waals surface area contributed by atoms with Crippen LogP contribution >= 0.6 is 0 Å². The molecule has 17 heavy (non-hydrogen) atoms. The van der Waals surface area contributed by atoms with Crippen molar-refractivity contribution in [2.45, 2.75) is 6.92 Å². The minimum absolute atomic E-state index is 0.0286. The Hall–Kier alpha value is -1.69. The number of hydrogen-bond acceptors (Lipinski definition) is 4. The first kappa shape index (κ1) is 13.4. The van der Waals surface area contributed by atoms with Crippen LogP contribution in [0.15, 0.2) is 12.1 Å². The molecule has 0 heterocycles. The van der Waals surface area contributed by atoms with E-state index in [0.717, 1.165) is 12.1 Å². The van der Waals surface area contributed by atoms with E-state index in [4.69, 9.17) is 4.74 Å². The van der Waals surface area contributed by atoms with Gasteiger partial charge in [0.25, 0.3) is 0 Å². The highest BCUT2D eigenvalue weighted by atomic mass is 19.1. The lowest BCUT2D eigenvalue weighted by Gasteiger charge is -2.09. The van der Waals surface area contributed by atoms with Crippen LogP contribution in [0.25, 0.3) is 0 Å². The fourth-order valence-corrected chi connectivity index (χ4v) is 1.16. The zero-order chi connectivity index (χ0) is 12.8. The number of esters is 1. The molecule has 0 radical (unpaired) electrons. The van der Waals surface area contributed by atoms with Gasteiger partial charge in [-0.1, -0.05) is 0 Å². The molecule has 0 saturated carbocycles. The van der Waals surface area contributed by atoms with Crippen LogP contribution in [0, 0.1) is 11.6 Å². The fourth-order valence-electron chi connectivity index (χ4n) is 1.16. The minimum atomic E-state index is -1.10. The van der Waals surface area contributed by atoms with Crippen molar-refractivity contribution in [3.05, 3.63) is 29.3 Å². The molecule has 0 spiro atoms. The smallest absolute Gasteiger partial charge is 0.344 e. The van der Waals surface area contributed by atoms with Gasteiger partial charge in [-0.05, 0) is 19.1 Å². The molecule has 0 aliphatic heterocycles. The highest BCUT2D eigenvalue weighted by Gasteiger charge is 2.22. The number of carbonyl (C=O) groups is 1. The van der Waals surface area contributed by atoms with Crippen LogP contribution in [-0.4, -0.2) is 26.5 Å². The first-order valence-corrected chi connectivity index (χ1v) is 4.88. The number of ether oxygens (including phenoxy) is 3. The van der Waals surface area contributed by atoms with Crippen molar-refractivity contribution in [2.75, 3.05) is 20.5 Å². The van der Waals surface area contributed by atoms with E-state index in [9.17, 15) is 13.6 Å². The number of carbonyl (C=O) groups excluding carboxylic acids is 1. The van der Waals surface area contributed by atoms with E-state index in [2.05, 4.69) is 9.47 Å². The monoisotopic (exact) mass is 246 g/mol. The lowest BCUT2D eigenvalue weighted by Crippen LogP contribution is -2.12. The Labute approximate surface area is 97.1 Å². The van der Waals surface area contributed by atoms with E-state index in [-0.39, 0.29) is 19.1 Å². The Morgan fingerprint density at radius 1 is 1.35 bits per heavy atom. The molecule has 6 heteroatoms. The first-order chi connectivity index (χ1) is 8.11. The summed E-state index contributed by atoms with van der Waals surface area (Å²) in [5.74, 6) is -3.42. The SMILES string of the molecule is CCOC(=O)c1c(F)ccc(OCOC)c1F. The summed E-state index contributed by atoms with van der Waals surface area (Å²) in [6.07, 6.45) is 0. The Morgan fingerprint density at radius 3 is 2.65 bits per heavy atom. The molecule has 1 aromatic rings. The summed E-state index contributed by atoms with van der Waals surface area (Å²) in [6.45, 7) is 1.37. The lowest BCUT2D eigenvalue weighted by atomic mass is 10.2. The van der Waals surface area contributed by atoms with Crippen molar-refractivity contribution < 1.29 is 27.8 Å². The molecule has 0 amide bonds. The number of halogens is 2. The predicted octanol–water partition coefficient (Wildman–Crippen LogP) is 2.12. The van der Waals surface area contributed by atoms with E-state index in [1.807, 2.05) is 0 Å². The Kier molecular flexibility index (Phi) is 4.84. The summed E-state index contributed by atoms with van der Waals surface area (Å²) in [4.78, 5) is 11.3. The third-order valence-electron chi connectivity index (χ3n) is 1.87. The van der Waals surface area contributed by atoms with Crippen LogP contribution in [0.3, 0.4) is 0 Å². The van der Waals surface area contributed by atoms with Crippen molar-refractivity contribution in [2.24, 2.45) is 0 Å². The molecule has 4 nitrogen and oxygen atoms in total. The number of rotatable bonds is 5. The normalized spacial score (nSPS) is 10.1. The molecular formula is C11H12F2O4. The zero-order valence-corrected chi connectivity index (χ0v) is 9.46. The number of methoxy groups -OCH3 is 1. The molecule has 0 N–H and O–H groups in total. The van der Waals surface area contributed by atoms with Gasteiger partial charge in [0.1, 0.15) is 11.4 Å². The van der Waals surface area contributed by atoms with Crippen LogP contribution in [0.5, 0.6) is 5.75 Å². The van der Waals surface area contributed by atoms with E-state index >= 15 is 0 Å². The topological polar surface area (TPSA) is 44.8 Å². The van der Waals surface area contributed by atoms with E-state index < -0.39 is 23.2 Å². The van der Waals surface area contributed by atoms with Crippen molar-refractivity contribution in [3.8, 4) is 5.75 Å². The van der Waals surface area contributed by atoms with E-state index in [1.54, 1.807) is 6.92 Å². The highest BCUT2D eigenvalue weighted by molar-refractivity contribution is 5.90. The van der Waals surface area contributed by atoms with Crippen LogP contribution in [0.1, 0.15) is 17.3 Å². The third-order valence-corrected chi connectivity index (χ3v) is 1.87. The van der Waals surface area contributed by atoms with Gasteiger partial charge in [0.15, 0.2) is 18.4 Å². The molecule has 0 fully saturated rings. The maximum absolute atomic E-state index is 13.7. The second-order valence-electron chi connectivity index (χ2n) is 3.01. The van der Waals surface area contributed by atoms with Crippen molar-refractivity contribution in [1.29, 1.82) is 0 Å². The second kappa shape index (κ2) is 6.15. The molecule has 1 rings (SSSR count). The molecule has 0 aliphatic carbocycles.